The van der Waals surface area contributed by atoms with E-state index in [1.807, 2.05) is 24.3 Å². The van der Waals surface area contributed by atoms with Crippen LogP contribution in [0.15, 0.2) is 71.7 Å². The van der Waals surface area contributed by atoms with Gasteiger partial charge in [-0.25, -0.2) is 0 Å². The van der Waals surface area contributed by atoms with Gasteiger partial charge in [0.05, 0.1) is 17.7 Å². The van der Waals surface area contributed by atoms with E-state index in [4.69, 9.17) is 21.1 Å². The number of hydrogen-bond acceptors (Lipinski definition) is 5. The number of rotatable bonds is 7. The monoisotopic (exact) mass is 396 g/mol. The SMILES string of the molecule is COc1ccc(N=Cc2cc(Cl)ccc2OCc2ccc([N+](=O)[O-])cc2)cc1. The van der Waals surface area contributed by atoms with Gasteiger partial charge in [0.2, 0.25) is 0 Å². The third-order valence-corrected chi connectivity index (χ3v) is 4.17. The van der Waals surface area contributed by atoms with Crippen molar-refractivity contribution in [1.82, 2.24) is 0 Å². The van der Waals surface area contributed by atoms with Crippen LogP contribution in [0.5, 0.6) is 11.5 Å². The minimum atomic E-state index is -0.433. The molecule has 6 nitrogen and oxygen atoms in total. The molecule has 0 atom stereocenters. The van der Waals surface area contributed by atoms with Crippen molar-refractivity contribution in [3.8, 4) is 11.5 Å². The number of halogens is 1. The van der Waals surface area contributed by atoms with Gasteiger partial charge in [0.15, 0.2) is 0 Å². The zero-order chi connectivity index (χ0) is 19.9. The lowest BCUT2D eigenvalue weighted by molar-refractivity contribution is -0.384. The van der Waals surface area contributed by atoms with Crippen molar-refractivity contribution >= 4 is 29.2 Å². The fraction of sp³-hybridized carbons (Fsp3) is 0.0952. The Morgan fingerprint density at radius 1 is 1.07 bits per heavy atom. The third kappa shape index (κ3) is 5.08. The number of aliphatic imine (C=N–C) groups is 1. The molecule has 0 fully saturated rings. The average Bonchev–Trinajstić information content (AvgIpc) is 2.72. The molecule has 7 heteroatoms. The summed E-state index contributed by atoms with van der Waals surface area (Å²) in [6.07, 6.45) is 1.68. The average molecular weight is 397 g/mol. The van der Waals surface area contributed by atoms with E-state index < -0.39 is 4.92 Å². The van der Waals surface area contributed by atoms with E-state index in [0.717, 1.165) is 22.6 Å². The third-order valence-electron chi connectivity index (χ3n) is 3.94. The summed E-state index contributed by atoms with van der Waals surface area (Å²) in [7, 11) is 1.61. The second-order valence-corrected chi connectivity index (χ2v) is 6.29. The van der Waals surface area contributed by atoms with Gasteiger partial charge in [-0.15, -0.1) is 0 Å². The van der Waals surface area contributed by atoms with Gasteiger partial charge >= 0.3 is 0 Å². The molecule has 0 aromatic heterocycles. The Labute approximate surface area is 167 Å². The fourth-order valence-corrected chi connectivity index (χ4v) is 2.62. The number of ether oxygens (including phenoxy) is 2. The largest absolute Gasteiger partial charge is 0.497 e. The molecule has 28 heavy (non-hydrogen) atoms. The summed E-state index contributed by atoms with van der Waals surface area (Å²) in [5.41, 5.74) is 2.36. The number of nitro benzene ring substituents is 1. The van der Waals surface area contributed by atoms with Crippen LogP contribution >= 0.6 is 11.6 Å². The van der Waals surface area contributed by atoms with Crippen molar-refractivity contribution in [2.75, 3.05) is 7.11 Å². The minimum absolute atomic E-state index is 0.0440. The van der Waals surface area contributed by atoms with Crippen molar-refractivity contribution in [2.45, 2.75) is 6.61 Å². The second-order valence-electron chi connectivity index (χ2n) is 5.85. The molecule has 3 aromatic carbocycles. The predicted octanol–water partition coefficient (Wildman–Crippen LogP) is 5.59. The molecule has 0 unspecified atom stereocenters. The zero-order valence-corrected chi connectivity index (χ0v) is 15.8. The van der Waals surface area contributed by atoms with Crippen LogP contribution in [0.1, 0.15) is 11.1 Å². The Morgan fingerprint density at radius 3 is 2.43 bits per heavy atom. The van der Waals surface area contributed by atoms with E-state index in [1.54, 1.807) is 43.7 Å². The van der Waals surface area contributed by atoms with Crippen molar-refractivity contribution < 1.29 is 14.4 Å². The zero-order valence-electron chi connectivity index (χ0n) is 15.0. The number of nitro groups is 1. The van der Waals surface area contributed by atoms with E-state index in [2.05, 4.69) is 4.99 Å². The van der Waals surface area contributed by atoms with Crippen LogP contribution < -0.4 is 9.47 Å². The molecule has 3 aromatic rings. The molecule has 0 saturated heterocycles. The maximum absolute atomic E-state index is 10.7. The number of nitrogens with zero attached hydrogens (tertiary/aromatic N) is 2. The summed E-state index contributed by atoms with van der Waals surface area (Å²) in [6.45, 7) is 0.267. The lowest BCUT2D eigenvalue weighted by atomic mass is 10.2. The van der Waals surface area contributed by atoms with Crippen LogP contribution in [0.2, 0.25) is 5.02 Å². The summed E-state index contributed by atoms with van der Waals surface area (Å²) in [5.74, 6) is 1.37. The van der Waals surface area contributed by atoms with Crippen molar-refractivity contribution in [3.63, 3.8) is 0 Å². The molecule has 142 valence electrons. The molecule has 0 heterocycles. The Balaban J connectivity index is 1.74. The van der Waals surface area contributed by atoms with Crippen LogP contribution in [0, 0.1) is 10.1 Å². The summed E-state index contributed by atoms with van der Waals surface area (Å²) in [6, 6.07) is 18.8. The molecular formula is C21H17ClN2O4. The molecule has 0 saturated carbocycles. The molecule has 3 rings (SSSR count). The van der Waals surface area contributed by atoms with E-state index >= 15 is 0 Å². The fourth-order valence-electron chi connectivity index (χ4n) is 2.44. The molecule has 0 aliphatic carbocycles. The quantitative estimate of drug-likeness (QED) is 0.296. The van der Waals surface area contributed by atoms with Gasteiger partial charge in [-0.1, -0.05) is 11.6 Å². The second kappa shape index (κ2) is 9.01. The molecule has 0 aliphatic rings. The van der Waals surface area contributed by atoms with Crippen molar-refractivity contribution in [3.05, 3.63) is 93.0 Å². The van der Waals surface area contributed by atoms with E-state index in [9.17, 15) is 10.1 Å². The highest BCUT2D eigenvalue weighted by atomic mass is 35.5. The van der Waals surface area contributed by atoms with E-state index in [-0.39, 0.29) is 12.3 Å². The predicted molar refractivity (Wildman–Crippen MR) is 109 cm³/mol. The first kappa shape index (κ1) is 19.4. The van der Waals surface area contributed by atoms with Gasteiger partial charge in [-0.2, -0.15) is 0 Å². The molecule has 0 spiro atoms. The van der Waals surface area contributed by atoms with Crippen LogP contribution in [0.25, 0.3) is 0 Å². The number of methoxy groups -OCH3 is 1. The smallest absolute Gasteiger partial charge is 0.269 e. The Kier molecular flexibility index (Phi) is 6.24. The lowest BCUT2D eigenvalue weighted by Crippen LogP contribution is -1.99. The first-order valence-electron chi connectivity index (χ1n) is 8.39. The maximum Gasteiger partial charge on any atom is 0.269 e. The highest BCUT2D eigenvalue weighted by molar-refractivity contribution is 6.30. The molecule has 0 aliphatic heterocycles. The summed E-state index contributed by atoms with van der Waals surface area (Å²) in [4.78, 5) is 14.7. The number of hydrogen-bond donors (Lipinski definition) is 0. The number of benzene rings is 3. The summed E-state index contributed by atoms with van der Waals surface area (Å²) < 4.78 is 11.0. The van der Waals surface area contributed by atoms with Gasteiger partial charge in [-0.3, -0.25) is 15.1 Å². The Morgan fingerprint density at radius 2 is 1.79 bits per heavy atom. The summed E-state index contributed by atoms with van der Waals surface area (Å²) in [5, 5.41) is 11.3. The molecule has 0 radical (unpaired) electrons. The van der Waals surface area contributed by atoms with Crippen LogP contribution in [0.4, 0.5) is 11.4 Å². The number of non-ortho nitro benzene ring substituents is 1. The first-order chi connectivity index (χ1) is 13.5. The van der Waals surface area contributed by atoms with Crippen LogP contribution in [-0.4, -0.2) is 18.2 Å². The molecule has 0 bridgehead atoms. The van der Waals surface area contributed by atoms with E-state index in [1.165, 1.54) is 12.1 Å². The highest BCUT2D eigenvalue weighted by Crippen LogP contribution is 2.24. The van der Waals surface area contributed by atoms with Gasteiger partial charge in [0.1, 0.15) is 18.1 Å². The Bertz CT molecular complexity index is 986. The molecule has 0 N–H and O–H groups in total. The van der Waals surface area contributed by atoms with Gasteiger partial charge < -0.3 is 9.47 Å². The first-order valence-corrected chi connectivity index (χ1v) is 8.77. The van der Waals surface area contributed by atoms with Gasteiger partial charge in [-0.05, 0) is 60.2 Å². The van der Waals surface area contributed by atoms with E-state index in [0.29, 0.717) is 10.8 Å². The standard InChI is InChI=1S/C21H17ClN2O4/c1-27-20-9-5-18(6-10-20)23-13-16-12-17(22)4-11-21(16)28-14-15-2-7-19(8-3-15)24(25)26/h2-13H,14H2,1H3. The maximum atomic E-state index is 10.7. The van der Waals surface area contributed by atoms with Crippen molar-refractivity contribution in [2.24, 2.45) is 4.99 Å². The van der Waals surface area contributed by atoms with Gasteiger partial charge in [0, 0.05) is 28.9 Å². The van der Waals surface area contributed by atoms with Crippen LogP contribution in [0.3, 0.4) is 0 Å². The van der Waals surface area contributed by atoms with Crippen LogP contribution in [-0.2, 0) is 6.61 Å². The lowest BCUT2D eigenvalue weighted by Gasteiger charge is -2.09. The van der Waals surface area contributed by atoms with Crippen molar-refractivity contribution in [1.29, 1.82) is 0 Å². The molecule has 0 amide bonds. The molecular weight excluding hydrogens is 380 g/mol. The normalized spacial score (nSPS) is 10.8. The highest BCUT2D eigenvalue weighted by Gasteiger charge is 2.07. The van der Waals surface area contributed by atoms with Gasteiger partial charge in [0.25, 0.3) is 5.69 Å². The topological polar surface area (TPSA) is 74.0 Å². The Hall–Kier alpha value is -3.38. The minimum Gasteiger partial charge on any atom is -0.497 e. The summed E-state index contributed by atoms with van der Waals surface area (Å²) >= 11 is 6.10.